The minimum atomic E-state index is -4.07. The molecule has 0 unspecified atom stereocenters. The average Bonchev–Trinajstić information content (AvgIpc) is 2.90. The minimum absolute atomic E-state index is 0.0597. The maximum absolute atomic E-state index is 13.9. The van der Waals surface area contributed by atoms with Crippen molar-refractivity contribution in [2.24, 2.45) is 0 Å². The van der Waals surface area contributed by atoms with Crippen LogP contribution in [-0.4, -0.2) is 43.8 Å². The summed E-state index contributed by atoms with van der Waals surface area (Å²) in [6.07, 6.45) is 0.745. The van der Waals surface area contributed by atoms with Crippen molar-refractivity contribution in [1.29, 1.82) is 0 Å². The molecule has 2 amide bonds. The number of amides is 2. The molecule has 0 aliphatic heterocycles. The van der Waals surface area contributed by atoms with Crippen LogP contribution in [0, 0.1) is 6.92 Å². The summed E-state index contributed by atoms with van der Waals surface area (Å²) in [4.78, 5) is 28.5. The molecule has 3 rings (SSSR count). The van der Waals surface area contributed by atoms with Crippen molar-refractivity contribution in [3.8, 4) is 0 Å². The normalized spacial score (nSPS) is 12.9. The van der Waals surface area contributed by atoms with Crippen LogP contribution >= 0.6 is 15.9 Å². The molecule has 1 N–H and O–H groups in total. The van der Waals surface area contributed by atoms with Crippen LogP contribution in [0.2, 0.25) is 0 Å². The van der Waals surface area contributed by atoms with Gasteiger partial charge in [-0.1, -0.05) is 70.9 Å². The summed E-state index contributed by atoms with van der Waals surface area (Å²) < 4.78 is 29.5. The molecule has 0 spiro atoms. The molecule has 0 aromatic heterocycles. The lowest BCUT2D eigenvalue weighted by molar-refractivity contribution is -0.139. The number of halogens is 1. The highest BCUT2D eigenvalue weighted by atomic mass is 79.9. The molecule has 0 aliphatic rings. The third-order valence-electron chi connectivity index (χ3n) is 6.34. The van der Waals surface area contributed by atoms with E-state index >= 15 is 0 Å². The number of carbonyl (C=O) groups excluding carboxylic acids is 2. The smallest absolute Gasteiger partial charge is 0.264 e. The molecule has 2 atom stereocenters. The van der Waals surface area contributed by atoms with Crippen LogP contribution in [-0.2, 0) is 26.2 Å². The van der Waals surface area contributed by atoms with Gasteiger partial charge >= 0.3 is 0 Å². The van der Waals surface area contributed by atoms with Crippen LogP contribution in [0.5, 0.6) is 0 Å². The topological polar surface area (TPSA) is 86.8 Å². The number of rotatable bonds is 11. The second kappa shape index (κ2) is 13.1. The van der Waals surface area contributed by atoms with Gasteiger partial charge in [0.15, 0.2) is 0 Å². The highest BCUT2D eigenvalue weighted by Crippen LogP contribution is 2.25. The number of hydrogen-bond acceptors (Lipinski definition) is 4. The summed E-state index contributed by atoms with van der Waals surface area (Å²) in [5.74, 6) is -0.785. The molecule has 3 aromatic carbocycles. The van der Waals surface area contributed by atoms with E-state index in [1.165, 1.54) is 17.0 Å². The molecule has 38 heavy (non-hydrogen) atoms. The number of carbonyl (C=O) groups is 2. The molecule has 0 aliphatic carbocycles. The Balaban J connectivity index is 2.00. The minimum Gasteiger partial charge on any atom is -0.352 e. The number of sulfonamides is 1. The third kappa shape index (κ3) is 7.45. The summed E-state index contributed by atoms with van der Waals surface area (Å²) >= 11 is 3.45. The fraction of sp³-hybridized carbons (Fsp3) is 0.310. The molecule has 202 valence electrons. The van der Waals surface area contributed by atoms with Gasteiger partial charge in [0.2, 0.25) is 11.8 Å². The van der Waals surface area contributed by atoms with E-state index in [0.717, 1.165) is 26.3 Å². The second-order valence-corrected chi connectivity index (χ2v) is 12.1. The number of nitrogens with one attached hydrogen (secondary N) is 1. The van der Waals surface area contributed by atoms with Crippen LogP contribution in [0.4, 0.5) is 5.69 Å². The Kier molecular flexibility index (Phi) is 10.1. The largest absolute Gasteiger partial charge is 0.352 e. The first-order valence-corrected chi connectivity index (χ1v) is 14.7. The van der Waals surface area contributed by atoms with Gasteiger partial charge in [0.25, 0.3) is 10.0 Å². The molecule has 0 bridgehead atoms. The monoisotopic (exact) mass is 599 g/mol. The fourth-order valence-electron chi connectivity index (χ4n) is 3.84. The highest BCUT2D eigenvalue weighted by Gasteiger charge is 2.32. The van der Waals surface area contributed by atoms with Crippen LogP contribution in [0.1, 0.15) is 38.3 Å². The first-order valence-electron chi connectivity index (χ1n) is 12.5. The average molecular weight is 601 g/mol. The van der Waals surface area contributed by atoms with Crippen molar-refractivity contribution in [3.63, 3.8) is 0 Å². The van der Waals surface area contributed by atoms with Gasteiger partial charge in [-0.15, -0.1) is 0 Å². The van der Waals surface area contributed by atoms with Crippen molar-refractivity contribution < 1.29 is 18.0 Å². The lowest BCUT2D eigenvalue weighted by Crippen LogP contribution is -2.52. The maximum atomic E-state index is 13.9. The number of hydrogen-bond donors (Lipinski definition) is 1. The van der Waals surface area contributed by atoms with Crippen LogP contribution in [0.15, 0.2) is 88.2 Å². The third-order valence-corrected chi connectivity index (χ3v) is 8.62. The van der Waals surface area contributed by atoms with Gasteiger partial charge in [0, 0.05) is 17.1 Å². The quantitative estimate of drug-likeness (QED) is 0.324. The molecule has 0 radical (unpaired) electrons. The Morgan fingerprint density at radius 1 is 0.947 bits per heavy atom. The first-order chi connectivity index (χ1) is 18.0. The van der Waals surface area contributed by atoms with E-state index in [4.69, 9.17) is 0 Å². The Labute approximate surface area is 234 Å². The van der Waals surface area contributed by atoms with E-state index in [1.54, 1.807) is 49.4 Å². The van der Waals surface area contributed by atoms with Gasteiger partial charge in [-0.25, -0.2) is 8.42 Å². The van der Waals surface area contributed by atoms with E-state index in [1.807, 2.05) is 45.0 Å². The molecular weight excluding hydrogens is 566 g/mol. The number of aryl methyl sites for hydroxylation is 1. The number of anilines is 1. The van der Waals surface area contributed by atoms with E-state index in [0.29, 0.717) is 5.69 Å². The van der Waals surface area contributed by atoms with E-state index < -0.39 is 28.5 Å². The molecule has 7 nitrogen and oxygen atoms in total. The summed E-state index contributed by atoms with van der Waals surface area (Å²) in [7, 11) is -4.07. The fourth-order valence-corrected chi connectivity index (χ4v) is 5.70. The Morgan fingerprint density at radius 2 is 1.61 bits per heavy atom. The Bertz CT molecular complexity index is 1350. The van der Waals surface area contributed by atoms with Gasteiger partial charge in [0.05, 0.1) is 10.6 Å². The van der Waals surface area contributed by atoms with Gasteiger partial charge in [-0.05, 0) is 69.2 Å². The summed E-state index contributed by atoms with van der Waals surface area (Å²) in [6.45, 7) is 7.08. The van der Waals surface area contributed by atoms with Crippen LogP contribution in [0.3, 0.4) is 0 Å². The van der Waals surface area contributed by atoms with Crippen LogP contribution in [0.25, 0.3) is 0 Å². The zero-order chi connectivity index (χ0) is 27.9. The SMILES string of the molecule is CC[C@H](C)NC(=O)[C@@H](C)N(Cc1cccc(Br)c1)C(=O)CN(c1ccccc1)S(=O)(=O)c1ccc(C)cc1. The summed E-state index contributed by atoms with van der Waals surface area (Å²) in [5.41, 5.74) is 2.09. The van der Waals surface area contributed by atoms with E-state index in [9.17, 15) is 18.0 Å². The first kappa shape index (κ1) is 29.4. The lowest BCUT2D eigenvalue weighted by atomic mass is 10.1. The number of para-hydroxylation sites is 1. The Morgan fingerprint density at radius 3 is 2.21 bits per heavy atom. The van der Waals surface area contributed by atoms with Crippen molar-refractivity contribution in [3.05, 3.63) is 94.5 Å². The Hall–Kier alpha value is -3.17. The highest BCUT2D eigenvalue weighted by molar-refractivity contribution is 9.10. The predicted octanol–water partition coefficient (Wildman–Crippen LogP) is 5.28. The van der Waals surface area contributed by atoms with Crippen molar-refractivity contribution in [1.82, 2.24) is 10.2 Å². The second-order valence-electron chi connectivity index (χ2n) is 9.31. The molecular formula is C29H34BrN3O4S. The van der Waals surface area contributed by atoms with Gasteiger partial charge < -0.3 is 10.2 Å². The standard InChI is InChI=1S/C29H34BrN3O4S/c1-5-22(3)31-29(35)23(4)32(19-24-10-9-11-25(30)18-24)28(34)20-33(26-12-7-6-8-13-26)38(36,37)27-16-14-21(2)15-17-27/h6-18,22-23H,5,19-20H2,1-4H3,(H,31,35)/t22-,23+/m0/s1. The number of benzene rings is 3. The maximum Gasteiger partial charge on any atom is 0.264 e. The summed E-state index contributed by atoms with van der Waals surface area (Å²) in [5, 5.41) is 2.93. The number of nitrogens with zero attached hydrogens (tertiary/aromatic N) is 2. The van der Waals surface area contributed by atoms with Crippen molar-refractivity contribution in [2.75, 3.05) is 10.8 Å². The van der Waals surface area contributed by atoms with Gasteiger partial charge in [-0.3, -0.25) is 13.9 Å². The van der Waals surface area contributed by atoms with Gasteiger partial charge in [0.1, 0.15) is 12.6 Å². The molecule has 9 heteroatoms. The van der Waals surface area contributed by atoms with Crippen molar-refractivity contribution >= 4 is 43.5 Å². The molecule has 0 fully saturated rings. The molecule has 3 aromatic rings. The lowest BCUT2D eigenvalue weighted by Gasteiger charge is -2.32. The molecule has 0 saturated carbocycles. The zero-order valence-electron chi connectivity index (χ0n) is 22.1. The van der Waals surface area contributed by atoms with E-state index in [2.05, 4.69) is 21.2 Å². The van der Waals surface area contributed by atoms with Crippen LogP contribution < -0.4 is 9.62 Å². The zero-order valence-corrected chi connectivity index (χ0v) is 24.5. The molecule has 0 saturated heterocycles. The summed E-state index contributed by atoms with van der Waals surface area (Å²) in [6, 6.07) is 21.6. The van der Waals surface area contributed by atoms with E-state index in [-0.39, 0.29) is 23.4 Å². The van der Waals surface area contributed by atoms with Crippen molar-refractivity contribution in [2.45, 2.75) is 57.6 Å². The predicted molar refractivity (Wildman–Crippen MR) is 154 cm³/mol. The van der Waals surface area contributed by atoms with Gasteiger partial charge in [-0.2, -0.15) is 0 Å². The molecule has 0 heterocycles.